The Morgan fingerprint density at radius 2 is 1.76 bits per heavy atom. The standard InChI is InChI=1S/C18H18F2N2O3/c1-12(23)22(18-15(19)7-4-8-16(18)20)10-9-17(24)21-13-5-3-6-14(11-13)25-2/h3-8,11H,9-10H2,1-2H3,(H,21,24). The average Bonchev–Trinajstić information content (AvgIpc) is 2.57. The molecule has 5 nitrogen and oxygen atoms in total. The molecule has 2 rings (SSSR count). The van der Waals surface area contributed by atoms with E-state index in [1.165, 1.54) is 20.1 Å². The topological polar surface area (TPSA) is 58.6 Å². The number of para-hydroxylation sites is 1. The first-order valence-electron chi connectivity index (χ1n) is 7.58. The molecule has 0 heterocycles. The molecule has 0 saturated carbocycles. The van der Waals surface area contributed by atoms with Crippen molar-refractivity contribution in [2.45, 2.75) is 13.3 Å². The largest absolute Gasteiger partial charge is 0.497 e. The second-order valence-corrected chi connectivity index (χ2v) is 5.27. The van der Waals surface area contributed by atoms with E-state index >= 15 is 0 Å². The molecule has 0 aliphatic carbocycles. The number of halogens is 2. The van der Waals surface area contributed by atoms with E-state index in [1.54, 1.807) is 24.3 Å². The fourth-order valence-electron chi connectivity index (χ4n) is 2.31. The van der Waals surface area contributed by atoms with Crippen LogP contribution in [0.5, 0.6) is 5.75 Å². The molecule has 0 fully saturated rings. The summed E-state index contributed by atoms with van der Waals surface area (Å²) in [6.45, 7) is 1.04. The molecule has 0 radical (unpaired) electrons. The van der Waals surface area contributed by atoms with Gasteiger partial charge < -0.3 is 15.0 Å². The number of anilines is 2. The van der Waals surface area contributed by atoms with Gasteiger partial charge in [-0.2, -0.15) is 0 Å². The van der Waals surface area contributed by atoms with Crippen LogP contribution in [-0.4, -0.2) is 25.5 Å². The van der Waals surface area contributed by atoms with Gasteiger partial charge in [0, 0.05) is 31.6 Å². The number of carbonyl (C=O) groups is 2. The zero-order valence-electron chi connectivity index (χ0n) is 13.9. The lowest BCUT2D eigenvalue weighted by atomic mass is 10.2. The first-order chi connectivity index (χ1) is 11.9. The van der Waals surface area contributed by atoms with Crippen molar-refractivity contribution in [2.24, 2.45) is 0 Å². The van der Waals surface area contributed by atoms with Crippen LogP contribution in [0, 0.1) is 11.6 Å². The van der Waals surface area contributed by atoms with Crippen molar-refractivity contribution in [1.82, 2.24) is 0 Å². The van der Waals surface area contributed by atoms with Crippen molar-refractivity contribution in [3.63, 3.8) is 0 Å². The SMILES string of the molecule is COc1cccc(NC(=O)CCN(C(C)=O)c2c(F)cccc2F)c1. The van der Waals surface area contributed by atoms with Crippen LogP contribution in [0.1, 0.15) is 13.3 Å². The predicted molar refractivity (Wildman–Crippen MR) is 90.6 cm³/mol. The normalized spacial score (nSPS) is 10.2. The molecule has 25 heavy (non-hydrogen) atoms. The predicted octanol–water partition coefficient (Wildman–Crippen LogP) is 3.36. The third-order valence-electron chi connectivity index (χ3n) is 3.50. The summed E-state index contributed by atoms with van der Waals surface area (Å²) < 4.78 is 32.8. The van der Waals surface area contributed by atoms with Gasteiger partial charge in [-0.3, -0.25) is 9.59 Å². The molecule has 0 atom stereocenters. The number of amides is 2. The Hall–Kier alpha value is -2.96. The highest BCUT2D eigenvalue weighted by atomic mass is 19.1. The van der Waals surface area contributed by atoms with Crippen LogP contribution < -0.4 is 15.0 Å². The fraction of sp³-hybridized carbons (Fsp3) is 0.222. The van der Waals surface area contributed by atoms with Gasteiger partial charge in [0.25, 0.3) is 0 Å². The third-order valence-corrected chi connectivity index (χ3v) is 3.50. The molecular formula is C18H18F2N2O3. The van der Waals surface area contributed by atoms with Crippen molar-refractivity contribution < 1.29 is 23.1 Å². The van der Waals surface area contributed by atoms with Crippen molar-refractivity contribution in [2.75, 3.05) is 23.9 Å². The van der Waals surface area contributed by atoms with Crippen LogP contribution in [0.3, 0.4) is 0 Å². The van der Waals surface area contributed by atoms with Crippen molar-refractivity contribution in [3.05, 3.63) is 54.1 Å². The van der Waals surface area contributed by atoms with Crippen LogP contribution in [0.25, 0.3) is 0 Å². The summed E-state index contributed by atoms with van der Waals surface area (Å²) in [5.41, 5.74) is 0.0694. The average molecular weight is 348 g/mol. The first kappa shape index (κ1) is 18.4. The molecule has 2 aromatic carbocycles. The molecule has 0 bridgehead atoms. The first-order valence-corrected chi connectivity index (χ1v) is 7.58. The van der Waals surface area contributed by atoms with Crippen LogP contribution in [0.2, 0.25) is 0 Å². The van der Waals surface area contributed by atoms with E-state index < -0.39 is 29.1 Å². The fourth-order valence-corrected chi connectivity index (χ4v) is 2.31. The maximum Gasteiger partial charge on any atom is 0.226 e. The third kappa shape index (κ3) is 4.76. The Labute approximate surface area is 144 Å². The van der Waals surface area contributed by atoms with E-state index in [9.17, 15) is 18.4 Å². The van der Waals surface area contributed by atoms with Gasteiger partial charge in [0.15, 0.2) is 0 Å². The summed E-state index contributed by atoms with van der Waals surface area (Å²) in [6.07, 6.45) is -0.120. The minimum Gasteiger partial charge on any atom is -0.497 e. The van der Waals surface area contributed by atoms with E-state index in [4.69, 9.17) is 4.74 Å². The Balaban J connectivity index is 2.06. The number of benzene rings is 2. The van der Waals surface area contributed by atoms with Gasteiger partial charge in [-0.15, -0.1) is 0 Å². The van der Waals surface area contributed by atoms with E-state index in [2.05, 4.69) is 5.32 Å². The number of rotatable bonds is 6. The van der Waals surface area contributed by atoms with Gasteiger partial charge >= 0.3 is 0 Å². The van der Waals surface area contributed by atoms with Crippen molar-refractivity contribution in [1.29, 1.82) is 0 Å². The van der Waals surface area contributed by atoms with Crippen molar-refractivity contribution >= 4 is 23.2 Å². The van der Waals surface area contributed by atoms with Crippen LogP contribution in [-0.2, 0) is 9.59 Å². The van der Waals surface area contributed by atoms with E-state index in [1.807, 2.05) is 0 Å². The minimum atomic E-state index is -0.858. The van der Waals surface area contributed by atoms with E-state index in [-0.39, 0.29) is 13.0 Å². The summed E-state index contributed by atoms with van der Waals surface area (Å²) in [7, 11) is 1.51. The van der Waals surface area contributed by atoms with Crippen LogP contribution >= 0.6 is 0 Å². The summed E-state index contributed by atoms with van der Waals surface area (Å²) in [5, 5.41) is 2.65. The summed E-state index contributed by atoms with van der Waals surface area (Å²) >= 11 is 0. The van der Waals surface area contributed by atoms with Crippen molar-refractivity contribution in [3.8, 4) is 5.75 Å². The number of ether oxygens (including phenoxy) is 1. The molecule has 0 aromatic heterocycles. The number of hydrogen-bond donors (Lipinski definition) is 1. The van der Waals surface area contributed by atoms with Gasteiger partial charge in [-0.1, -0.05) is 12.1 Å². The van der Waals surface area contributed by atoms with Gasteiger partial charge in [-0.05, 0) is 24.3 Å². The Morgan fingerprint density at radius 1 is 1.12 bits per heavy atom. The van der Waals surface area contributed by atoms with E-state index in [0.717, 1.165) is 17.0 Å². The molecule has 0 aliphatic heterocycles. The molecule has 7 heteroatoms. The molecule has 0 spiro atoms. The number of carbonyl (C=O) groups excluding carboxylic acids is 2. The second-order valence-electron chi connectivity index (χ2n) is 5.27. The van der Waals surface area contributed by atoms with Gasteiger partial charge in [0.2, 0.25) is 11.8 Å². The molecule has 2 aromatic rings. The summed E-state index contributed by atoms with van der Waals surface area (Å²) in [5.74, 6) is -2.09. The summed E-state index contributed by atoms with van der Waals surface area (Å²) in [6, 6.07) is 10.1. The zero-order valence-corrected chi connectivity index (χ0v) is 13.9. The number of hydrogen-bond acceptors (Lipinski definition) is 3. The molecule has 132 valence electrons. The highest BCUT2D eigenvalue weighted by Gasteiger charge is 2.20. The Morgan fingerprint density at radius 3 is 2.36 bits per heavy atom. The minimum absolute atomic E-state index is 0.120. The molecule has 0 unspecified atom stereocenters. The van der Waals surface area contributed by atoms with Gasteiger partial charge in [-0.25, -0.2) is 8.78 Å². The lowest BCUT2D eigenvalue weighted by Crippen LogP contribution is -2.33. The molecular weight excluding hydrogens is 330 g/mol. The Bertz CT molecular complexity index is 760. The highest BCUT2D eigenvalue weighted by Crippen LogP contribution is 2.24. The quantitative estimate of drug-likeness (QED) is 0.871. The smallest absolute Gasteiger partial charge is 0.226 e. The number of nitrogens with one attached hydrogen (secondary N) is 1. The van der Waals surface area contributed by atoms with E-state index in [0.29, 0.717) is 11.4 Å². The second kappa shape index (κ2) is 8.23. The summed E-state index contributed by atoms with van der Waals surface area (Å²) in [4.78, 5) is 24.7. The molecule has 2 amide bonds. The maximum atomic E-state index is 13.9. The zero-order chi connectivity index (χ0) is 18.4. The molecule has 0 aliphatic rings. The van der Waals surface area contributed by atoms with Crippen LogP contribution in [0.15, 0.2) is 42.5 Å². The monoisotopic (exact) mass is 348 g/mol. The lowest BCUT2D eigenvalue weighted by molar-refractivity contribution is -0.117. The van der Waals surface area contributed by atoms with Crippen LogP contribution in [0.4, 0.5) is 20.2 Å². The Kier molecular flexibility index (Phi) is 6.05. The molecule has 1 N–H and O–H groups in total. The highest BCUT2D eigenvalue weighted by molar-refractivity contribution is 5.95. The van der Waals surface area contributed by atoms with Gasteiger partial charge in [0.05, 0.1) is 7.11 Å². The number of nitrogens with zero attached hydrogens (tertiary/aromatic N) is 1. The lowest BCUT2D eigenvalue weighted by Gasteiger charge is -2.22. The van der Waals surface area contributed by atoms with Gasteiger partial charge in [0.1, 0.15) is 23.1 Å². The maximum absolute atomic E-state index is 13.9. The number of methoxy groups -OCH3 is 1. The molecule has 0 saturated heterocycles.